The highest BCUT2D eigenvalue weighted by Gasteiger charge is 2.22. The van der Waals surface area contributed by atoms with Crippen LogP contribution in [-0.2, 0) is 9.59 Å². The molecule has 1 unspecified atom stereocenters. The Hall–Kier alpha value is -2.99. The van der Waals surface area contributed by atoms with Crippen LogP contribution in [-0.4, -0.2) is 33.1 Å². The summed E-state index contributed by atoms with van der Waals surface area (Å²) in [6.45, 7) is 1.06. The Balaban J connectivity index is 1.66. The van der Waals surface area contributed by atoms with Crippen molar-refractivity contribution in [2.75, 3.05) is 11.9 Å². The maximum absolute atomic E-state index is 13.6. The molecule has 3 rings (SSSR count). The van der Waals surface area contributed by atoms with E-state index < -0.39 is 47.5 Å². The van der Waals surface area contributed by atoms with Crippen molar-refractivity contribution in [2.45, 2.75) is 13.0 Å². The highest BCUT2D eigenvalue weighted by atomic mass is 32.1. The Morgan fingerprint density at radius 2 is 2.03 bits per heavy atom. The number of H-pyrrole nitrogens is 1. The molecule has 0 bridgehead atoms. The summed E-state index contributed by atoms with van der Waals surface area (Å²) in [5, 5.41) is 13.1. The van der Waals surface area contributed by atoms with Crippen molar-refractivity contribution in [2.24, 2.45) is 0 Å². The molecule has 3 aromatic rings. The van der Waals surface area contributed by atoms with Crippen LogP contribution in [0, 0.1) is 22.2 Å². The normalized spacial score (nSPS) is 11.9. The fraction of sp³-hybridized carbons (Fsp3) is 0.176. The lowest BCUT2D eigenvalue weighted by Crippen LogP contribution is -2.37. The Labute approximate surface area is 171 Å². The average Bonchev–Trinajstić information content (AvgIpc) is 3.35. The summed E-state index contributed by atoms with van der Waals surface area (Å²) in [6, 6.07) is 4.41. The van der Waals surface area contributed by atoms with Gasteiger partial charge >= 0.3 is 0 Å². The third-order valence-corrected chi connectivity index (χ3v) is 5.10. The summed E-state index contributed by atoms with van der Waals surface area (Å²) >= 11 is 6.60. The Morgan fingerprint density at radius 1 is 1.28 bits per heavy atom. The molecule has 0 fully saturated rings. The van der Waals surface area contributed by atoms with Crippen molar-refractivity contribution < 1.29 is 22.8 Å². The predicted octanol–water partition coefficient (Wildman–Crippen LogP) is 3.40. The number of hydrogen-bond acceptors (Lipinski definition) is 5. The van der Waals surface area contributed by atoms with Gasteiger partial charge in [0.05, 0.1) is 17.1 Å². The van der Waals surface area contributed by atoms with E-state index in [-0.39, 0.29) is 4.77 Å². The second-order valence-electron chi connectivity index (χ2n) is 5.86. The van der Waals surface area contributed by atoms with Gasteiger partial charge in [0.1, 0.15) is 6.04 Å². The number of thiophene rings is 1. The summed E-state index contributed by atoms with van der Waals surface area (Å²) < 4.78 is 41.5. The van der Waals surface area contributed by atoms with Crippen LogP contribution in [0.1, 0.15) is 13.0 Å². The number of anilines is 1. The molecular weight excluding hydrogens is 427 g/mol. The average molecular weight is 441 g/mol. The molecule has 0 saturated heterocycles. The van der Waals surface area contributed by atoms with Crippen LogP contribution in [0.2, 0.25) is 0 Å². The van der Waals surface area contributed by atoms with E-state index in [1.165, 1.54) is 15.9 Å². The molecule has 29 heavy (non-hydrogen) atoms. The second-order valence-corrected chi connectivity index (χ2v) is 7.20. The van der Waals surface area contributed by atoms with E-state index in [9.17, 15) is 22.8 Å². The highest BCUT2D eigenvalue weighted by Crippen LogP contribution is 2.25. The van der Waals surface area contributed by atoms with E-state index in [0.717, 1.165) is 10.9 Å². The second kappa shape index (κ2) is 8.57. The van der Waals surface area contributed by atoms with E-state index >= 15 is 0 Å². The summed E-state index contributed by atoms with van der Waals surface area (Å²) in [5.74, 6) is -5.48. The molecule has 2 aromatic heterocycles. The summed E-state index contributed by atoms with van der Waals surface area (Å²) in [6.07, 6.45) is 0. The SMILES string of the molecule is CC(C(=O)NCC(=O)Nc1ccc(F)c(F)c1F)n1c(-c2cccs2)n[nH]c1=S. The third kappa shape index (κ3) is 4.38. The first kappa shape index (κ1) is 20.7. The van der Waals surface area contributed by atoms with E-state index in [4.69, 9.17) is 12.2 Å². The first-order chi connectivity index (χ1) is 13.8. The zero-order chi connectivity index (χ0) is 21.1. The number of aromatic nitrogens is 3. The maximum Gasteiger partial charge on any atom is 0.243 e. The molecule has 1 aromatic carbocycles. The number of halogens is 3. The number of aromatic amines is 1. The number of benzene rings is 1. The van der Waals surface area contributed by atoms with Crippen LogP contribution in [0.15, 0.2) is 29.6 Å². The molecule has 7 nitrogen and oxygen atoms in total. The van der Waals surface area contributed by atoms with Gasteiger partial charge in [0, 0.05) is 0 Å². The van der Waals surface area contributed by atoms with Crippen LogP contribution < -0.4 is 10.6 Å². The van der Waals surface area contributed by atoms with Crippen molar-refractivity contribution in [1.82, 2.24) is 20.1 Å². The minimum Gasteiger partial charge on any atom is -0.345 e. The Bertz CT molecular complexity index is 1110. The lowest BCUT2D eigenvalue weighted by Gasteiger charge is -2.15. The number of nitrogens with zero attached hydrogens (tertiary/aromatic N) is 2. The van der Waals surface area contributed by atoms with Gasteiger partial charge in [0.2, 0.25) is 11.8 Å². The zero-order valence-corrected chi connectivity index (χ0v) is 16.5. The van der Waals surface area contributed by atoms with Crippen LogP contribution in [0.3, 0.4) is 0 Å². The smallest absolute Gasteiger partial charge is 0.243 e. The van der Waals surface area contributed by atoms with Gasteiger partial charge in [-0.05, 0) is 42.7 Å². The minimum atomic E-state index is -1.70. The number of carbonyl (C=O) groups excluding carboxylic acids is 2. The van der Waals surface area contributed by atoms with E-state index in [0.29, 0.717) is 11.9 Å². The molecule has 0 aliphatic rings. The van der Waals surface area contributed by atoms with E-state index in [2.05, 4.69) is 20.8 Å². The lowest BCUT2D eigenvalue weighted by molar-refractivity contribution is -0.126. The molecule has 12 heteroatoms. The van der Waals surface area contributed by atoms with Gasteiger partial charge in [-0.3, -0.25) is 19.3 Å². The highest BCUT2D eigenvalue weighted by molar-refractivity contribution is 7.71. The molecule has 2 heterocycles. The lowest BCUT2D eigenvalue weighted by atomic mass is 10.2. The summed E-state index contributed by atoms with van der Waals surface area (Å²) in [7, 11) is 0. The fourth-order valence-corrected chi connectivity index (χ4v) is 3.49. The van der Waals surface area contributed by atoms with Gasteiger partial charge in [-0.15, -0.1) is 11.3 Å². The largest absolute Gasteiger partial charge is 0.345 e. The predicted molar refractivity (Wildman–Crippen MR) is 103 cm³/mol. The third-order valence-electron chi connectivity index (χ3n) is 3.95. The van der Waals surface area contributed by atoms with Gasteiger partial charge in [-0.1, -0.05) is 6.07 Å². The molecule has 0 spiro atoms. The number of carbonyl (C=O) groups is 2. The first-order valence-electron chi connectivity index (χ1n) is 8.21. The van der Waals surface area contributed by atoms with Crippen LogP contribution in [0.25, 0.3) is 10.7 Å². The van der Waals surface area contributed by atoms with Crippen LogP contribution in [0.5, 0.6) is 0 Å². The van der Waals surface area contributed by atoms with Crippen LogP contribution >= 0.6 is 23.6 Å². The quantitative estimate of drug-likeness (QED) is 0.404. The van der Waals surface area contributed by atoms with Crippen molar-refractivity contribution in [3.05, 3.63) is 51.9 Å². The fourth-order valence-electron chi connectivity index (χ4n) is 2.49. The van der Waals surface area contributed by atoms with Crippen LogP contribution in [0.4, 0.5) is 18.9 Å². The number of amides is 2. The minimum absolute atomic E-state index is 0.226. The maximum atomic E-state index is 13.6. The van der Waals surface area contributed by atoms with Gasteiger partial charge in [-0.2, -0.15) is 5.10 Å². The first-order valence-corrected chi connectivity index (χ1v) is 9.50. The number of nitrogens with one attached hydrogen (secondary N) is 3. The molecule has 1 atom stereocenters. The van der Waals surface area contributed by atoms with Crippen molar-refractivity contribution in [3.8, 4) is 10.7 Å². The number of rotatable bonds is 6. The van der Waals surface area contributed by atoms with Gasteiger partial charge < -0.3 is 10.6 Å². The molecule has 2 amide bonds. The van der Waals surface area contributed by atoms with Crippen molar-refractivity contribution in [3.63, 3.8) is 0 Å². The molecule has 3 N–H and O–H groups in total. The standard InChI is InChI=1S/C17H14F3N5O2S2/c1-8(25-15(23-24-17(25)28)11-3-2-6-29-11)16(27)21-7-12(26)22-10-5-4-9(18)13(19)14(10)20/h2-6,8H,7H2,1H3,(H,21,27)(H,22,26)(H,24,28). The van der Waals surface area contributed by atoms with Gasteiger partial charge in [0.15, 0.2) is 28.0 Å². The Kier molecular flexibility index (Phi) is 6.13. The molecule has 0 saturated carbocycles. The molecule has 0 radical (unpaired) electrons. The van der Waals surface area contributed by atoms with E-state index in [1.54, 1.807) is 6.92 Å². The Morgan fingerprint density at radius 3 is 2.72 bits per heavy atom. The molecular formula is C17H14F3N5O2S2. The van der Waals surface area contributed by atoms with Crippen molar-refractivity contribution >= 4 is 41.1 Å². The topological polar surface area (TPSA) is 91.8 Å². The number of hydrogen-bond donors (Lipinski definition) is 3. The van der Waals surface area contributed by atoms with E-state index in [1.807, 2.05) is 17.5 Å². The summed E-state index contributed by atoms with van der Waals surface area (Å²) in [5.41, 5.74) is -0.534. The van der Waals surface area contributed by atoms with Gasteiger partial charge in [-0.25, -0.2) is 13.2 Å². The molecule has 0 aliphatic heterocycles. The monoisotopic (exact) mass is 441 g/mol. The molecule has 152 valence electrons. The summed E-state index contributed by atoms with van der Waals surface area (Å²) in [4.78, 5) is 25.2. The molecule has 0 aliphatic carbocycles. The van der Waals surface area contributed by atoms with Crippen molar-refractivity contribution in [1.29, 1.82) is 0 Å². The van der Waals surface area contributed by atoms with Gasteiger partial charge in [0.25, 0.3) is 0 Å². The zero-order valence-electron chi connectivity index (χ0n) is 14.8.